The maximum Gasteiger partial charge on any atom is 0.325 e. The van der Waals surface area contributed by atoms with Crippen molar-refractivity contribution in [3.63, 3.8) is 0 Å². The number of methoxy groups -OCH3 is 1. The molecule has 1 saturated heterocycles. The van der Waals surface area contributed by atoms with Crippen LogP contribution in [0.4, 0.5) is 10.5 Å². The first-order valence-electron chi connectivity index (χ1n) is 17.3. The molecule has 0 aliphatic carbocycles. The fourth-order valence-electron chi connectivity index (χ4n) is 5.00. The van der Waals surface area contributed by atoms with E-state index in [9.17, 15) is 44.1 Å². The van der Waals surface area contributed by atoms with Gasteiger partial charge >= 0.3 is 18.0 Å². The minimum atomic E-state index is -1.96. The van der Waals surface area contributed by atoms with Crippen molar-refractivity contribution in [1.29, 1.82) is 0 Å². The third kappa shape index (κ3) is 14.1. The summed E-state index contributed by atoms with van der Waals surface area (Å²) >= 11 is 0. The van der Waals surface area contributed by atoms with Crippen LogP contribution in [-0.4, -0.2) is 120 Å². The molecule has 5 amide bonds. The Kier molecular flexibility index (Phi) is 17.9. The van der Waals surface area contributed by atoms with Gasteiger partial charge in [0.05, 0.1) is 24.8 Å². The second kappa shape index (κ2) is 21.2. The van der Waals surface area contributed by atoms with Crippen molar-refractivity contribution in [2.75, 3.05) is 25.5 Å². The van der Waals surface area contributed by atoms with E-state index in [1.807, 2.05) is 27.7 Å². The van der Waals surface area contributed by atoms with Crippen molar-refractivity contribution in [1.82, 2.24) is 21.3 Å². The molecule has 0 saturated carbocycles. The predicted octanol–water partition coefficient (Wildman–Crippen LogP) is -1.24. The van der Waals surface area contributed by atoms with Gasteiger partial charge in [-0.3, -0.25) is 24.0 Å². The van der Waals surface area contributed by atoms with E-state index in [0.717, 1.165) is 7.11 Å². The number of nitrogens with one attached hydrogen (secondary N) is 5. The topological polar surface area (TPSA) is 286 Å². The number of ether oxygens (including phenoxy) is 4. The number of amides is 5. The van der Waals surface area contributed by atoms with Crippen LogP contribution in [0.15, 0.2) is 18.2 Å². The Morgan fingerprint density at radius 3 is 2.19 bits per heavy atom. The first kappa shape index (κ1) is 44.6. The van der Waals surface area contributed by atoms with Crippen LogP contribution in [0.25, 0.3) is 0 Å². The molecule has 0 unspecified atom stereocenters. The second-order valence-corrected chi connectivity index (χ2v) is 13.4. The third-order valence-corrected chi connectivity index (χ3v) is 7.93. The fraction of sp³-hybridized carbons (Fsp3) is 0.647. The van der Waals surface area contributed by atoms with Crippen molar-refractivity contribution in [2.45, 2.75) is 110 Å². The van der Waals surface area contributed by atoms with E-state index < -0.39 is 90.9 Å². The van der Waals surface area contributed by atoms with Gasteiger partial charge in [-0.1, -0.05) is 47.6 Å². The average molecular weight is 755 g/mol. The maximum absolute atomic E-state index is 13.8. The SMILES string of the molecule is COC(=O)CNC(=O)[C@H]1O[C@@H](Oc2cc(COC(=O)C(C)C)ccc2NC(=O)[C@H](CCCNC(N)=O)NC(=O)[C@@H](NC(C)C)C(C)C)[C@H](O)[C@@H](O)[C@@H]1O. The number of aliphatic hydroxyl groups is 3. The quantitative estimate of drug-likeness (QED) is 0.0590. The van der Waals surface area contributed by atoms with E-state index in [0.29, 0.717) is 5.56 Å². The molecule has 19 nitrogen and oxygen atoms in total. The first-order chi connectivity index (χ1) is 24.9. The van der Waals surface area contributed by atoms with E-state index in [2.05, 4.69) is 31.3 Å². The molecule has 1 heterocycles. The molecule has 1 aliphatic heterocycles. The lowest BCUT2D eigenvalue weighted by Gasteiger charge is -2.39. The monoisotopic (exact) mass is 754 g/mol. The first-order valence-corrected chi connectivity index (χ1v) is 17.3. The smallest absolute Gasteiger partial charge is 0.325 e. The van der Waals surface area contributed by atoms with Gasteiger partial charge < -0.3 is 66.6 Å². The van der Waals surface area contributed by atoms with Gasteiger partial charge in [-0.15, -0.1) is 0 Å². The number of anilines is 1. The lowest BCUT2D eigenvalue weighted by Crippen LogP contribution is -2.63. The van der Waals surface area contributed by atoms with Crippen LogP contribution in [0.5, 0.6) is 5.75 Å². The van der Waals surface area contributed by atoms with Gasteiger partial charge in [0.25, 0.3) is 5.91 Å². The lowest BCUT2D eigenvalue weighted by atomic mass is 9.98. The van der Waals surface area contributed by atoms with E-state index >= 15 is 0 Å². The Bertz CT molecular complexity index is 1430. The highest BCUT2D eigenvalue weighted by Gasteiger charge is 2.48. The molecule has 1 fully saturated rings. The Morgan fingerprint density at radius 2 is 1.60 bits per heavy atom. The zero-order valence-electron chi connectivity index (χ0n) is 31.0. The standard InChI is InChI=1S/C34H54N6O13/c1-16(2)24(38-18(5)6)30(46)40-21(9-8-12-36-34(35)49)29(45)39-20-11-10-19(15-51-32(48)17(3)4)13-22(20)52-33-27(44)25(42)26(43)28(53-33)31(47)37-14-23(41)50-7/h10-11,13,16-18,21,24-28,33,38,42-44H,8-9,12,14-15H2,1-7H3,(H,37,47)(H,39,45)(H,40,46)(H3,35,36,49)/t21-,24-,25-,26-,27+,28-,33+/m0/s1. The largest absolute Gasteiger partial charge is 0.468 e. The molecule has 0 aromatic heterocycles. The molecule has 19 heteroatoms. The Morgan fingerprint density at radius 1 is 0.925 bits per heavy atom. The van der Waals surface area contributed by atoms with Crippen molar-refractivity contribution in [2.24, 2.45) is 17.6 Å². The molecular formula is C34H54N6O13. The van der Waals surface area contributed by atoms with Crippen molar-refractivity contribution in [3.8, 4) is 5.75 Å². The summed E-state index contributed by atoms with van der Waals surface area (Å²) in [6.45, 7) is 10.1. The highest BCUT2D eigenvalue weighted by atomic mass is 16.7. The molecule has 53 heavy (non-hydrogen) atoms. The van der Waals surface area contributed by atoms with Gasteiger partial charge in [0.15, 0.2) is 6.10 Å². The van der Waals surface area contributed by atoms with Crippen LogP contribution in [0, 0.1) is 11.8 Å². The van der Waals surface area contributed by atoms with Crippen molar-refractivity contribution >= 4 is 41.4 Å². The second-order valence-electron chi connectivity index (χ2n) is 13.4. The third-order valence-electron chi connectivity index (χ3n) is 7.93. The van der Waals surface area contributed by atoms with E-state index in [1.165, 1.54) is 18.2 Å². The molecule has 0 bridgehead atoms. The van der Waals surface area contributed by atoms with E-state index in [-0.39, 0.29) is 49.4 Å². The van der Waals surface area contributed by atoms with Crippen LogP contribution >= 0.6 is 0 Å². The molecule has 10 N–H and O–H groups in total. The molecule has 298 valence electrons. The van der Waals surface area contributed by atoms with Gasteiger partial charge in [-0.05, 0) is 36.5 Å². The zero-order valence-corrected chi connectivity index (χ0v) is 31.0. The van der Waals surface area contributed by atoms with Crippen LogP contribution in [0.2, 0.25) is 0 Å². The molecule has 1 aromatic carbocycles. The summed E-state index contributed by atoms with van der Waals surface area (Å²) in [6.07, 6.45) is -9.15. The van der Waals surface area contributed by atoms with E-state index in [1.54, 1.807) is 13.8 Å². The Hall–Kier alpha value is -4.56. The fourth-order valence-corrected chi connectivity index (χ4v) is 5.00. The van der Waals surface area contributed by atoms with Gasteiger partial charge in [-0.2, -0.15) is 0 Å². The lowest BCUT2D eigenvalue weighted by molar-refractivity contribution is -0.266. The number of carbonyl (C=O) groups excluding carboxylic acids is 6. The summed E-state index contributed by atoms with van der Waals surface area (Å²) in [5, 5.41) is 45.2. The van der Waals surface area contributed by atoms with Crippen LogP contribution in [0.3, 0.4) is 0 Å². The summed E-state index contributed by atoms with van der Waals surface area (Å²) in [7, 11) is 1.10. The average Bonchev–Trinajstić information content (AvgIpc) is 3.09. The molecule has 1 aromatic rings. The number of rotatable bonds is 19. The predicted molar refractivity (Wildman–Crippen MR) is 188 cm³/mol. The summed E-state index contributed by atoms with van der Waals surface area (Å²) in [6, 6.07) is 1.68. The molecule has 2 rings (SSSR count). The van der Waals surface area contributed by atoms with Crippen molar-refractivity contribution in [3.05, 3.63) is 23.8 Å². The number of carbonyl (C=O) groups is 6. The zero-order chi connectivity index (χ0) is 40.0. The number of esters is 2. The van der Waals surface area contributed by atoms with Crippen LogP contribution in [0.1, 0.15) is 59.9 Å². The highest BCUT2D eigenvalue weighted by molar-refractivity contribution is 5.99. The van der Waals surface area contributed by atoms with Crippen molar-refractivity contribution < 1.29 is 63.0 Å². The van der Waals surface area contributed by atoms with Crippen LogP contribution < -0.4 is 37.1 Å². The molecule has 0 radical (unpaired) electrons. The molecule has 0 spiro atoms. The van der Waals surface area contributed by atoms with Gasteiger partial charge in [0.1, 0.15) is 43.3 Å². The Balaban J connectivity index is 2.46. The number of benzene rings is 1. The minimum absolute atomic E-state index is 0.0211. The number of urea groups is 1. The minimum Gasteiger partial charge on any atom is -0.468 e. The normalized spacial score (nSPS) is 21.0. The van der Waals surface area contributed by atoms with Gasteiger partial charge in [0.2, 0.25) is 18.1 Å². The Labute approximate surface area is 308 Å². The maximum atomic E-state index is 13.8. The number of aliphatic hydroxyl groups excluding tert-OH is 3. The van der Waals surface area contributed by atoms with Gasteiger partial charge in [0, 0.05) is 12.6 Å². The number of primary amides is 1. The van der Waals surface area contributed by atoms with Gasteiger partial charge in [-0.25, -0.2) is 4.79 Å². The summed E-state index contributed by atoms with van der Waals surface area (Å²) in [4.78, 5) is 74.9. The highest BCUT2D eigenvalue weighted by Crippen LogP contribution is 2.31. The number of hydrogen-bond acceptors (Lipinski definition) is 14. The molecule has 7 atom stereocenters. The summed E-state index contributed by atoms with van der Waals surface area (Å²) in [5.74, 6) is -4.22. The van der Waals surface area contributed by atoms with Crippen LogP contribution in [-0.2, 0) is 44.8 Å². The molecule has 1 aliphatic rings. The number of hydrogen-bond donors (Lipinski definition) is 9. The number of nitrogens with two attached hydrogens (primary N) is 1. The summed E-state index contributed by atoms with van der Waals surface area (Å²) in [5.41, 5.74) is 5.51. The molecular weight excluding hydrogens is 700 g/mol. The van der Waals surface area contributed by atoms with E-state index in [4.69, 9.17) is 19.9 Å². The summed E-state index contributed by atoms with van der Waals surface area (Å²) < 4.78 is 21.3.